The lowest BCUT2D eigenvalue weighted by Gasteiger charge is -2.26. The minimum atomic E-state index is -0.995. The number of carboxylic acid groups (broad SMARTS) is 1. The van der Waals surface area contributed by atoms with Crippen LogP contribution in [0.2, 0.25) is 0 Å². The number of nitrogens with two attached hydrogens (primary N) is 1. The number of aromatic nitrogens is 2. The Morgan fingerprint density at radius 1 is 1.08 bits per heavy atom. The van der Waals surface area contributed by atoms with Crippen LogP contribution in [0.1, 0.15) is 116 Å². The number of nitrogens with one attached hydrogen (secondary N) is 4. The highest BCUT2D eigenvalue weighted by Crippen LogP contribution is 2.26. The van der Waals surface area contributed by atoms with Gasteiger partial charge in [0.1, 0.15) is 11.7 Å². The first-order valence-corrected chi connectivity index (χ1v) is 17.0. The molecule has 266 valence electrons. The predicted molar refractivity (Wildman–Crippen MR) is 189 cm³/mol. The second-order valence-electron chi connectivity index (χ2n) is 13.6. The highest BCUT2D eigenvalue weighted by Gasteiger charge is 2.23. The van der Waals surface area contributed by atoms with Crippen molar-refractivity contribution in [1.29, 1.82) is 0 Å². The number of rotatable bonds is 21. The summed E-state index contributed by atoms with van der Waals surface area (Å²) in [6.45, 7) is 16.2. The normalized spacial score (nSPS) is 15.9. The van der Waals surface area contributed by atoms with Crippen LogP contribution < -0.4 is 27.0 Å². The Morgan fingerprint density at radius 2 is 1.79 bits per heavy atom. The van der Waals surface area contributed by atoms with Crippen LogP contribution in [0.15, 0.2) is 35.5 Å². The molecule has 13 nitrogen and oxygen atoms in total. The Morgan fingerprint density at radius 3 is 2.48 bits per heavy atom. The van der Waals surface area contributed by atoms with Gasteiger partial charge in [0.05, 0.1) is 42.3 Å². The molecular weight excluding hydrogens is 612 g/mol. The van der Waals surface area contributed by atoms with E-state index in [0.717, 1.165) is 54.9 Å². The van der Waals surface area contributed by atoms with E-state index < -0.39 is 12.0 Å². The summed E-state index contributed by atoms with van der Waals surface area (Å²) in [6.07, 6.45) is 5.81. The van der Waals surface area contributed by atoms with E-state index in [0.29, 0.717) is 31.5 Å². The van der Waals surface area contributed by atoms with Crippen LogP contribution in [0.5, 0.6) is 0 Å². The van der Waals surface area contributed by atoms with Gasteiger partial charge in [-0.15, -0.1) is 0 Å². The van der Waals surface area contributed by atoms with Gasteiger partial charge in [0.2, 0.25) is 5.91 Å². The van der Waals surface area contributed by atoms with E-state index in [9.17, 15) is 14.7 Å². The quantitative estimate of drug-likeness (QED) is 0.0977. The van der Waals surface area contributed by atoms with Gasteiger partial charge in [-0.1, -0.05) is 19.1 Å². The Hall–Kier alpha value is -3.81. The lowest BCUT2D eigenvalue weighted by Crippen LogP contribution is -2.39. The number of fused-ring (bicyclic) bond motifs is 1. The molecule has 1 aliphatic heterocycles. The molecule has 7 N–H and O–H groups in total. The zero-order chi connectivity index (χ0) is 35.3. The van der Waals surface area contributed by atoms with Crippen LogP contribution in [0, 0.1) is 0 Å². The van der Waals surface area contributed by atoms with Crippen molar-refractivity contribution in [3.63, 3.8) is 0 Å². The van der Waals surface area contributed by atoms with E-state index in [4.69, 9.17) is 15.2 Å². The van der Waals surface area contributed by atoms with Crippen LogP contribution >= 0.6 is 0 Å². The largest absolute Gasteiger partial charge is 0.480 e. The van der Waals surface area contributed by atoms with Crippen molar-refractivity contribution in [3.05, 3.63) is 47.4 Å². The molecule has 2 unspecified atom stereocenters. The number of carbonyl (C=O) groups excluding carboxylic acids is 1. The number of aliphatic imine (C=N–C) groups is 1. The number of hydrogen-bond donors (Lipinski definition) is 6. The summed E-state index contributed by atoms with van der Waals surface area (Å²) in [4.78, 5) is 37.8. The lowest BCUT2D eigenvalue weighted by atomic mass is 10.0. The first-order valence-electron chi connectivity index (χ1n) is 17.0. The van der Waals surface area contributed by atoms with Crippen LogP contribution in [0.4, 0.5) is 11.5 Å². The van der Waals surface area contributed by atoms with Gasteiger partial charge in [-0.05, 0) is 91.3 Å². The van der Waals surface area contributed by atoms with Crippen molar-refractivity contribution in [2.45, 2.75) is 123 Å². The molecule has 0 aliphatic carbocycles. The first-order chi connectivity index (χ1) is 22.7. The van der Waals surface area contributed by atoms with E-state index in [-0.39, 0.29) is 42.0 Å². The third kappa shape index (κ3) is 13.0. The predicted octanol–water partition coefficient (Wildman–Crippen LogP) is 5.06. The number of anilines is 2. The molecule has 0 radical (unpaired) electrons. The van der Waals surface area contributed by atoms with Gasteiger partial charge in [-0.2, -0.15) is 0 Å². The zero-order valence-corrected chi connectivity index (χ0v) is 29.7. The molecule has 0 fully saturated rings. The number of benzene rings is 1. The standard InChI is InChI=1S/C35H56N8O5/c1-8-34(4,5)47-19-10-9-17-35(6,7)48-20-18-37-29(44)16-15-28(32(45)46)40-23(2)25-11-13-26(14-12-25)38-21-27-22-39-31-30(42-27)24(3)41-33(36)43-31/h11-14,22-24,28,38,40H,8-10,15-21H2,1-7H3,(H,37,44)(H,45,46)(H3,36,39,41,43)/t23?,24?,28-/m0/s1. The Balaban J connectivity index is 1.35. The maximum Gasteiger partial charge on any atom is 0.320 e. The molecular formula is C35H56N8O5. The van der Waals surface area contributed by atoms with Crippen LogP contribution in [0.25, 0.3) is 0 Å². The topological polar surface area (TPSA) is 185 Å². The number of ether oxygens (including phenoxy) is 2. The van der Waals surface area contributed by atoms with Crippen LogP contribution in [-0.4, -0.2) is 69.9 Å². The van der Waals surface area contributed by atoms with Crippen molar-refractivity contribution in [2.24, 2.45) is 10.7 Å². The molecule has 0 saturated heterocycles. The molecule has 2 heterocycles. The highest BCUT2D eigenvalue weighted by atomic mass is 16.5. The summed E-state index contributed by atoms with van der Waals surface area (Å²) < 4.78 is 11.9. The van der Waals surface area contributed by atoms with Crippen molar-refractivity contribution < 1.29 is 24.2 Å². The number of aliphatic carboxylic acids is 1. The lowest BCUT2D eigenvalue weighted by molar-refractivity contribution is -0.140. The van der Waals surface area contributed by atoms with Crippen LogP contribution in [-0.2, 0) is 25.6 Å². The monoisotopic (exact) mass is 668 g/mol. The maximum atomic E-state index is 12.5. The average Bonchev–Trinajstić information content (AvgIpc) is 3.04. The third-order valence-electron chi connectivity index (χ3n) is 8.55. The molecule has 0 saturated carbocycles. The Bertz CT molecular complexity index is 1370. The molecule has 0 spiro atoms. The number of unbranched alkanes of at least 4 members (excludes halogenated alkanes) is 1. The second kappa shape index (κ2) is 18.1. The molecule has 1 aromatic heterocycles. The fraction of sp³-hybridized carbons (Fsp3) is 0.629. The van der Waals surface area contributed by atoms with Crippen molar-refractivity contribution in [2.75, 3.05) is 30.4 Å². The highest BCUT2D eigenvalue weighted by molar-refractivity contribution is 5.93. The number of nitrogens with zero attached hydrogens (tertiary/aromatic N) is 3. The molecule has 48 heavy (non-hydrogen) atoms. The van der Waals surface area contributed by atoms with E-state index in [1.165, 1.54) is 0 Å². The summed E-state index contributed by atoms with van der Waals surface area (Å²) in [5, 5.41) is 22.1. The molecule has 1 aromatic carbocycles. The van der Waals surface area contributed by atoms with Gasteiger partial charge in [0.25, 0.3) is 0 Å². The minimum absolute atomic E-state index is 0.0838. The fourth-order valence-corrected chi connectivity index (χ4v) is 5.15. The van der Waals surface area contributed by atoms with Crippen molar-refractivity contribution >= 4 is 29.3 Å². The SMILES string of the molecule is CCC(C)(C)OCCCCC(C)(C)OCCNC(=O)CC[C@H](NC(C)c1ccc(NCc2cnc3c(n2)C(C)N=C(N)N3)cc1)C(=O)O. The van der Waals surface area contributed by atoms with Gasteiger partial charge in [-0.25, -0.2) is 15.0 Å². The van der Waals surface area contributed by atoms with Gasteiger partial charge in [0, 0.05) is 31.3 Å². The third-order valence-corrected chi connectivity index (χ3v) is 8.55. The zero-order valence-electron chi connectivity index (χ0n) is 29.7. The number of amides is 1. The molecule has 0 bridgehead atoms. The van der Waals surface area contributed by atoms with Gasteiger partial charge < -0.3 is 36.3 Å². The van der Waals surface area contributed by atoms with E-state index >= 15 is 0 Å². The van der Waals surface area contributed by atoms with E-state index in [2.05, 4.69) is 70.8 Å². The average molecular weight is 669 g/mol. The van der Waals surface area contributed by atoms with E-state index in [1.54, 1.807) is 6.20 Å². The molecule has 13 heteroatoms. The molecule has 3 rings (SSSR count). The summed E-state index contributed by atoms with van der Waals surface area (Å²) >= 11 is 0. The molecule has 1 aliphatic rings. The van der Waals surface area contributed by atoms with Crippen LogP contribution in [0.3, 0.4) is 0 Å². The Labute approximate surface area is 285 Å². The summed E-state index contributed by atoms with van der Waals surface area (Å²) in [6, 6.07) is 6.47. The number of guanidine groups is 1. The second-order valence-corrected chi connectivity index (χ2v) is 13.6. The minimum Gasteiger partial charge on any atom is -0.480 e. The summed E-state index contributed by atoms with van der Waals surface area (Å²) in [5.41, 5.74) is 8.72. The molecule has 1 amide bonds. The first kappa shape index (κ1) is 38.6. The van der Waals surface area contributed by atoms with Gasteiger partial charge in [0.15, 0.2) is 11.8 Å². The molecule has 2 aromatic rings. The Kier molecular flexibility index (Phi) is 14.6. The smallest absolute Gasteiger partial charge is 0.320 e. The maximum absolute atomic E-state index is 12.5. The van der Waals surface area contributed by atoms with Crippen molar-refractivity contribution in [3.8, 4) is 0 Å². The van der Waals surface area contributed by atoms with E-state index in [1.807, 2.05) is 38.1 Å². The number of hydrogen-bond acceptors (Lipinski definition) is 11. The number of carboxylic acids is 1. The number of carbonyl (C=O) groups is 2. The molecule has 3 atom stereocenters. The van der Waals surface area contributed by atoms with Gasteiger partial charge in [-0.3, -0.25) is 14.9 Å². The summed E-state index contributed by atoms with van der Waals surface area (Å²) in [7, 11) is 0. The van der Waals surface area contributed by atoms with Crippen molar-refractivity contribution in [1.82, 2.24) is 20.6 Å². The fourth-order valence-electron chi connectivity index (χ4n) is 5.15. The summed E-state index contributed by atoms with van der Waals surface area (Å²) in [5.74, 6) is -0.245. The van der Waals surface area contributed by atoms with Gasteiger partial charge >= 0.3 is 5.97 Å².